The maximum Gasteiger partial charge on any atom is 0.255 e. The fraction of sp³-hybridized carbons (Fsp3) is 0.381. The van der Waals surface area contributed by atoms with Crippen LogP contribution in [0.3, 0.4) is 0 Å². The van der Waals surface area contributed by atoms with Gasteiger partial charge in [0.1, 0.15) is 0 Å². The number of rotatable bonds is 8. The Kier molecular flexibility index (Phi) is 8.03. The highest BCUT2D eigenvalue weighted by Crippen LogP contribution is 2.20. The lowest BCUT2D eigenvalue weighted by Gasteiger charge is -2.25. The van der Waals surface area contributed by atoms with Crippen molar-refractivity contribution in [3.8, 4) is 0 Å². The van der Waals surface area contributed by atoms with Crippen LogP contribution in [-0.4, -0.2) is 31.7 Å². The number of benzene rings is 2. The Morgan fingerprint density at radius 1 is 1.00 bits per heavy atom. The first kappa shape index (κ1) is 22.8. The third kappa shape index (κ3) is 6.28. The van der Waals surface area contributed by atoms with Gasteiger partial charge in [-0.1, -0.05) is 33.8 Å². The molecule has 2 aromatic carbocycles. The highest BCUT2D eigenvalue weighted by Gasteiger charge is 2.26. The Balaban J connectivity index is 2.20. The second-order valence-corrected chi connectivity index (χ2v) is 10.8. The van der Waals surface area contributed by atoms with E-state index in [1.807, 2.05) is 52.0 Å². The molecule has 0 unspecified atom stereocenters. The number of hydrogen-bond donors (Lipinski definition) is 1. The van der Waals surface area contributed by atoms with Crippen LogP contribution in [0.2, 0.25) is 0 Å². The maximum absolute atomic E-state index is 13.0. The van der Waals surface area contributed by atoms with Crippen molar-refractivity contribution >= 4 is 44.2 Å². The number of nitrogens with one attached hydrogen (secondary N) is 1. The van der Waals surface area contributed by atoms with Crippen LogP contribution in [-0.2, 0) is 10.0 Å². The first-order chi connectivity index (χ1) is 13.1. The second-order valence-electron chi connectivity index (χ2n) is 7.60. The summed E-state index contributed by atoms with van der Waals surface area (Å²) in [4.78, 5) is 12.6. The molecule has 1 amide bonds. The van der Waals surface area contributed by atoms with Crippen molar-refractivity contribution in [1.29, 1.82) is 0 Å². The van der Waals surface area contributed by atoms with Gasteiger partial charge in [-0.2, -0.15) is 4.31 Å². The minimum Gasteiger partial charge on any atom is -0.322 e. The molecule has 7 heteroatoms. The van der Waals surface area contributed by atoms with E-state index in [2.05, 4.69) is 27.9 Å². The summed E-state index contributed by atoms with van der Waals surface area (Å²) in [6.45, 7) is 8.94. The Bertz CT molecular complexity index is 900. The van der Waals surface area contributed by atoms with Gasteiger partial charge in [0.25, 0.3) is 5.91 Å². The van der Waals surface area contributed by atoms with Crippen LogP contribution < -0.4 is 5.32 Å². The predicted molar refractivity (Wildman–Crippen MR) is 122 cm³/mol. The molecule has 0 atom stereocenters. The van der Waals surface area contributed by atoms with Gasteiger partial charge in [-0.15, -0.1) is 0 Å². The van der Waals surface area contributed by atoms with Crippen LogP contribution in [0.1, 0.15) is 38.1 Å². The topological polar surface area (TPSA) is 66.5 Å². The lowest BCUT2D eigenvalue weighted by Crippen LogP contribution is -2.37. The predicted octanol–water partition coefficient (Wildman–Crippen LogP) is 4.85. The molecule has 2 rings (SSSR count). The average Bonchev–Trinajstić information content (AvgIpc) is 2.60. The molecule has 5 nitrogen and oxygen atoms in total. The molecule has 0 saturated heterocycles. The third-order valence-electron chi connectivity index (χ3n) is 3.97. The van der Waals surface area contributed by atoms with Crippen molar-refractivity contribution in [3.63, 3.8) is 0 Å². The number of amides is 1. The zero-order chi connectivity index (χ0) is 20.9. The van der Waals surface area contributed by atoms with E-state index in [1.54, 1.807) is 12.1 Å². The third-order valence-corrected chi connectivity index (χ3v) is 6.49. The number of halogens is 1. The van der Waals surface area contributed by atoms with Gasteiger partial charge >= 0.3 is 0 Å². The highest BCUT2D eigenvalue weighted by atomic mass is 127. The van der Waals surface area contributed by atoms with E-state index >= 15 is 0 Å². The molecule has 0 aliphatic carbocycles. The van der Waals surface area contributed by atoms with Gasteiger partial charge in [0.05, 0.1) is 4.90 Å². The van der Waals surface area contributed by atoms with Crippen molar-refractivity contribution in [2.24, 2.45) is 11.8 Å². The molecule has 2 aromatic rings. The zero-order valence-corrected chi connectivity index (χ0v) is 19.6. The smallest absolute Gasteiger partial charge is 0.255 e. The number of anilines is 1. The average molecular weight is 514 g/mol. The fourth-order valence-corrected chi connectivity index (χ4v) is 5.09. The minimum absolute atomic E-state index is 0.208. The first-order valence-electron chi connectivity index (χ1n) is 9.26. The maximum atomic E-state index is 13.0. The number of sulfonamides is 1. The normalized spacial score (nSPS) is 12.0. The van der Waals surface area contributed by atoms with E-state index in [0.717, 1.165) is 3.57 Å². The summed E-state index contributed by atoms with van der Waals surface area (Å²) in [5.74, 6) is 0.187. The van der Waals surface area contributed by atoms with Crippen molar-refractivity contribution < 1.29 is 13.2 Å². The van der Waals surface area contributed by atoms with E-state index in [1.165, 1.54) is 16.4 Å². The molecule has 0 aliphatic rings. The molecular formula is C21H27IN2O3S. The van der Waals surface area contributed by atoms with Gasteiger partial charge in [0.15, 0.2) is 0 Å². The van der Waals surface area contributed by atoms with Gasteiger partial charge in [-0.05, 0) is 76.9 Å². The lowest BCUT2D eigenvalue weighted by molar-refractivity contribution is 0.102. The Morgan fingerprint density at radius 2 is 1.57 bits per heavy atom. The van der Waals surface area contributed by atoms with Gasteiger partial charge in [0.2, 0.25) is 10.0 Å². The van der Waals surface area contributed by atoms with E-state index < -0.39 is 10.0 Å². The number of carbonyl (C=O) groups excluding carboxylic acids is 1. The van der Waals surface area contributed by atoms with Crippen LogP contribution in [0.5, 0.6) is 0 Å². The molecule has 0 fully saturated rings. The zero-order valence-electron chi connectivity index (χ0n) is 16.6. The van der Waals surface area contributed by atoms with Crippen molar-refractivity contribution in [3.05, 3.63) is 57.7 Å². The van der Waals surface area contributed by atoms with E-state index in [0.29, 0.717) is 24.3 Å². The molecule has 0 aromatic heterocycles. The summed E-state index contributed by atoms with van der Waals surface area (Å²) in [5, 5.41) is 2.83. The van der Waals surface area contributed by atoms with Gasteiger partial charge in [0, 0.05) is 27.9 Å². The molecule has 0 heterocycles. The lowest BCUT2D eigenvalue weighted by atomic mass is 10.2. The van der Waals surface area contributed by atoms with E-state index in [9.17, 15) is 13.2 Å². The van der Waals surface area contributed by atoms with Gasteiger partial charge in [-0.3, -0.25) is 4.79 Å². The SMILES string of the molecule is CC(C)CN(CC(C)C)S(=O)(=O)c1ccc(C(=O)Nc2cccc(I)c2)cc1. The van der Waals surface area contributed by atoms with Crippen LogP contribution in [0.25, 0.3) is 0 Å². The monoisotopic (exact) mass is 514 g/mol. The van der Waals surface area contributed by atoms with Gasteiger partial charge < -0.3 is 5.32 Å². The van der Waals surface area contributed by atoms with E-state index in [4.69, 9.17) is 0 Å². The molecule has 0 radical (unpaired) electrons. The highest BCUT2D eigenvalue weighted by molar-refractivity contribution is 14.1. The van der Waals surface area contributed by atoms with Crippen LogP contribution in [0.4, 0.5) is 5.69 Å². The van der Waals surface area contributed by atoms with Crippen LogP contribution in [0.15, 0.2) is 53.4 Å². The molecule has 1 N–H and O–H groups in total. The number of hydrogen-bond acceptors (Lipinski definition) is 3. The largest absolute Gasteiger partial charge is 0.322 e. The molecule has 28 heavy (non-hydrogen) atoms. The summed E-state index contributed by atoms with van der Waals surface area (Å²) >= 11 is 2.18. The van der Waals surface area contributed by atoms with Crippen molar-refractivity contribution in [2.45, 2.75) is 32.6 Å². The minimum atomic E-state index is -3.60. The second kappa shape index (κ2) is 9.84. The van der Waals surface area contributed by atoms with Crippen LogP contribution >= 0.6 is 22.6 Å². The molecule has 152 valence electrons. The summed E-state index contributed by atoms with van der Waals surface area (Å²) in [6.07, 6.45) is 0. The Morgan fingerprint density at radius 3 is 2.07 bits per heavy atom. The van der Waals surface area contributed by atoms with E-state index in [-0.39, 0.29) is 22.6 Å². The summed E-state index contributed by atoms with van der Waals surface area (Å²) in [5.41, 5.74) is 1.12. The van der Waals surface area contributed by atoms with Crippen molar-refractivity contribution in [2.75, 3.05) is 18.4 Å². The fourth-order valence-electron chi connectivity index (χ4n) is 2.78. The Labute approximate surface area is 181 Å². The first-order valence-corrected chi connectivity index (χ1v) is 11.8. The Hall–Kier alpha value is -1.45. The molecule has 0 aliphatic heterocycles. The summed E-state index contributed by atoms with van der Waals surface area (Å²) in [6, 6.07) is 13.6. The standard InChI is InChI=1S/C21H27IN2O3S/c1-15(2)13-24(14-16(3)4)28(26,27)20-10-8-17(9-11-20)21(25)23-19-7-5-6-18(22)12-19/h5-12,15-16H,13-14H2,1-4H3,(H,23,25). The van der Waals surface area contributed by atoms with Crippen molar-refractivity contribution in [1.82, 2.24) is 4.31 Å². The summed E-state index contributed by atoms with van der Waals surface area (Å²) in [7, 11) is -3.60. The molecule has 0 saturated carbocycles. The van der Waals surface area contributed by atoms with Gasteiger partial charge in [-0.25, -0.2) is 8.42 Å². The van der Waals surface area contributed by atoms with Crippen LogP contribution in [0, 0.1) is 15.4 Å². The number of carbonyl (C=O) groups is 1. The quantitative estimate of drug-likeness (QED) is 0.513. The summed E-state index contributed by atoms with van der Waals surface area (Å²) < 4.78 is 28.6. The molecular weight excluding hydrogens is 487 g/mol. The number of nitrogens with zero attached hydrogens (tertiary/aromatic N) is 1. The molecule has 0 bridgehead atoms. The molecule has 0 spiro atoms.